The number of carbonyl (C=O) groups is 11. The quantitative estimate of drug-likeness (QED) is 0.0238. The van der Waals surface area contributed by atoms with Crippen LogP contribution in [0.4, 0.5) is 0 Å². The zero-order valence-electron chi connectivity index (χ0n) is 59.4. The second kappa shape index (κ2) is 59.6. The summed E-state index contributed by atoms with van der Waals surface area (Å²) in [5.41, 5.74) is 2.67. The fourth-order valence-electron chi connectivity index (χ4n) is 4.88. The van der Waals surface area contributed by atoms with E-state index in [2.05, 4.69) is 81.8 Å². The standard InChI is InChI=1S/C18H26O6.C16H26O7.C14H22O6.C12H18O4.C10H14O4/c1-8-18(9-22-15(19)12(2)3,10-23-16(20)13(4)5)11-24-17(21)14(6)7;1-13(2)15(17)22-11-9-20-7-5-19-6-8-21-10-12-23-16(18)14(3)4;1-11(2)13(15)19-9-7-17-5-6-18-8-10-20-14(16)12(3)4;1-8(2)11(13)15-7-6-10(5)16-12(14)9(3)4;1-7(2)9(11)13-5-6-14-10(12)8(3)4/h2,4,6,8-11H2,1,3,5,7H3;1,3,5-12H2,2,4H3;1,3,5-10H2,2,4H3;10H,1,3,6-7H2,2,4-5H3;1,3,5-6H2,2,4H3. The van der Waals surface area contributed by atoms with Crippen LogP contribution in [0.2, 0.25) is 0 Å². The third-order valence-corrected chi connectivity index (χ3v) is 10.7. The van der Waals surface area contributed by atoms with Crippen molar-refractivity contribution < 1.29 is 129 Å². The van der Waals surface area contributed by atoms with Crippen molar-refractivity contribution in [3.63, 3.8) is 0 Å². The highest BCUT2D eigenvalue weighted by molar-refractivity contribution is 5.91. The van der Waals surface area contributed by atoms with Gasteiger partial charge in [0.1, 0.15) is 65.6 Å². The van der Waals surface area contributed by atoms with E-state index in [0.29, 0.717) is 123 Å². The van der Waals surface area contributed by atoms with E-state index < -0.39 is 71.1 Å². The van der Waals surface area contributed by atoms with E-state index in [0.717, 1.165) is 0 Å². The molecule has 0 saturated heterocycles. The van der Waals surface area contributed by atoms with Crippen molar-refractivity contribution in [3.05, 3.63) is 134 Å². The van der Waals surface area contributed by atoms with Gasteiger partial charge in [-0.25, -0.2) is 52.7 Å². The molecule has 0 radical (unpaired) electrons. The lowest BCUT2D eigenvalue weighted by atomic mass is 9.88. The Bertz CT molecular complexity index is 2500. The summed E-state index contributed by atoms with van der Waals surface area (Å²) in [7, 11) is 0. The van der Waals surface area contributed by atoms with Gasteiger partial charge in [-0.2, -0.15) is 0 Å². The summed E-state index contributed by atoms with van der Waals surface area (Å²) in [6.07, 6.45) is 0.601. The summed E-state index contributed by atoms with van der Waals surface area (Å²) in [5.74, 6) is -5.23. The maximum Gasteiger partial charge on any atom is 0.333 e. The van der Waals surface area contributed by atoms with Crippen LogP contribution in [0.25, 0.3) is 0 Å². The minimum Gasteiger partial charge on any atom is -0.462 e. The van der Waals surface area contributed by atoms with Crippen molar-refractivity contribution in [2.24, 2.45) is 5.41 Å². The van der Waals surface area contributed by atoms with Gasteiger partial charge in [0.05, 0.1) is 78.1 Å². The highest BCUT2D eigenvalue weighted by atomic mass is 16.6. The Hall–Kier alpha value is -8.89. The van der Waals surface area contributed by atoms with Gasteiger partial charge in [-0.15, -0.1) is 0 Å². The van der Waals surface area contributed by atoms with Gasteiger partial charge in [0, 0.05) is 67.7 Å². The van der Waals surface area contributed by atoms with Gasteiger partial charge in [0.15, 0.2) is 0 Å². The molecule has 0 aliphatic rings. The molecule has 0 bridgehead atoms. The largest absolute Gasteiger partial charge is 0.462 e. The molecule has 27 nitrogen and oxygen atoms in total. The third-order valence-electron chi connectivity index (χ3n) is 10.7. The molecular weight excluding hydrogens is 1270 g/mol. The van der Waals surface area contributed by atoms with E-state index in [1.54, 1.807) is 62.3 Å². The average molecular weight is 1380 g/mol. The zero-order chi connectivity index (χ0) is 75.6. The lowest BCUT2D eigenvalue weighted by molar-refractivity contribution is -0.158. The SMILES string of the molecule is C=C(C)C(=O)OCC(CC)(COC(=O)C(=C)C)COC(=O)C(=C)C.C=C(C)C(=O)OCCC(C)OC(=O)C(=C)C.C=C(C)C(=O)OCCOC(=O)C(=C)C.C=C(C)C(=O)OCCOCCOCCOC(=O)C(=C)C.C=C(C)C(=O)OCCOCCOCCOCCOC(=O)C(=C)C. The molecule has 0 saturated carbocycles. The molecule has 0 heterocycles. The molecule has 0 N–H and O–H groups in total. The second-order valence-corrected chi connectivity index (χ2v) is 21.2. The fourth-order valence-corrected chi connectivity index (χ4v) is 4.88. The van der Waals surface area contributed by atoms with Gasteiger partial charge in [-0.3, -0.25) is 0 Å². The van der Waals surface area contributed by atoms with Crippen LogP contribution in [0.3, 0.4) is 0 Å². The first-order valence-corrected chi connectivity index (χ1v) is 30.2. The van der Waals surface area contributed by atoms with Crippen LogP contribution >= 0.6 is 0 Å². The smallest absolute Gasteiger partial charge is 0.333 e. The Morgan fingerprint density at radius 3 is 0.577 bits per heavy atom. The Kier molecular flexibility index (Phi) is 59.5. The molecule has 0 aromatic carbocycles. The van der Waals surface area contributed by atoms with E-state index in [9.17, 15) is 52.7 Å². The van der Waals surface area contributed by atoms with Gasteiger partial charge >= 0.3 is 65.7 Å². The van der Waals surface area contributed by atoms with Crippen LogP contribution < -0.4 is 0 Å². The van der Waals surface area contributed by atoms with Crippen molar-refractivity contribution in [2.45, 2.75) is 109 Å². The second-order valence-electron chi connectivity index (χ2n) is 21.2. The van der Waals surface area contributed by atoms with Crippen LogP contribution in [0.5, 0.6) is 0 Å². The average Bonchev–Trinajstić information content (AvgIpc) is 0.999. The predicted molar refractivity (Wildman–Crippen MR) is 360 cm³/mol. The van der Waals surface area contributed by atoms with E-state index in [-0.39, 0.29) is 88.9 Å². The summed E-state index contributed by atoms with van der Waals surface area (Å²) in [6.45, 7) is 63.2. The molecule has 548 valence electrons. The van der Waals surface area contributed by atoms with Crippen LogP contribution in [0.1, 0.15) is 103 Å². The summed E-state index contributed by atoms with van der Waals surface area (Å²) in [6, 6.07) is 0. The maximum atomic E-state index is 11.6. The molecule has 27 heteroatoms. The monoisotopic (exact) mass is 1380 g/mol. The number of ether oxygens (including phenoxy) is 16. The molecule has 0 spiro atoms. The molecule has 0 rings (SSSR count). The minimum absolute atomic E-state index is 0.0325. The van der Waals surface area contributed by atoms with Crippen LogP contribution in [0, 0.1) is 5.41 Å². The summed E-state index contributed by atoms with van der Waals surface area (Å²) >= 11 is 0. The normalized spacial score (nSPS) is 10.2. The topological polar surface area (TPSA) is 335 Å². The lowest BCUT2D eigenvalue weighted by Crippen LogP contribution is -2.39. The lowest BCUT2D eigenvalue weighted by Gasteiger charge is -2.31. The molecule has 0 aliphatic carbocycles. The molecule has 1 atom stereocenters. The number of hydrogen-bond donors (Lipinski definition) is 0. The van der Waals surface area contributed by atoms with Gasteiger partial charge in [-0.05, 0) is 89.5 Å². The van der Waals surface area contributed by atoms with Crippen molar-refractivity contribution >= 4 is 65.7 Å². The summed E-state index contributed by atoms with van der Waals surface area (Å²) in [5, 5.41) is 0. The van der Waals surface area contributed by atoms with Crippen LogP contribution in [0.15, 0.2) is 134 Å². The molecule has 1 unspecified atom stereocenters. The summed E-state index contributed by atoms with van der Waals surface area (Å²) in [4.78, 5) is 123. The van der Waals surface area contributed by atoms with E-state index in [1.165, 1.54) is 20.8 Å². The van der Waals surface area contributed by atoms with Gasteiger partial charge < -0.3 is 75.8 Å². The molecular formula is C70H106O27. The minimum atomic E-state index is -0.860. The molecule has 0 aromatic rings. The number of rotatable bonds is 46. The molecule has 0 amide bonds. The number of hydrogen-bond acceptors (Lipinski definition) is 27. The van der Waals surface area contributed by atoms with Crippen molar-refractivity contribution in [1.82, 2.24) is 0 Å². The molecule has 0 aromatic heterocycles. The highest BCUT2D eigenvalue weighted by Crippen LogP contribution is 2.25. The van der Waals surface area contributed by atoms with Crippen LogP contribution in [-0.2, 0) is 129 Å². The first-order chi connectivity index (χ1) is 45.2. The highest BCUT2D eigenvalue weighted by Gasteiger charge is 2.34. The van der Waals surface area contributed by atoms with Gasteiger partial charge in [0.2, 0.25) is 0 Å². The molecule has 97 heavy (non-hydrogen) atoms. The molecule has 0 aliphatic heterocycles. The van der Waals surface area contributed by atoms with Gasteiger partial charge in [0.25, 0.3) is 0 Å². The first-order valence-electron chi connectivity index (χ1n) is 30.2. The number of carbonyl (C=O) groups excluding carboxylic acids is 11. The van der Waals surface area contributed by atoms with Crippen molar-refractivity contribution in [1.29, 1.82) is 0 Å². The van der Waals surface area contributed by atoms with Crippen molar-refractivity contribution in [3.8, 4) is 0 Å². The Balaban J connectivity index is -0.000000368. The molecule has 0 fully saturated rings. The van der Waals surface area contributed by atoms with Gasteiger partial charge in [-0.1, -0.05) is 79.3 Å². The summed E-state index contributed by atoms with van der Waals surface area (Å²) < 4.78 is 80.2. The Morgan fingerprint density at radius 2 is 0.402 bits per heavy atom. The third kappa shape index (κ3) is 60.5. The van der Waals surface area contributed by atoms with E-state index in [4.69, 9.17) is 66.3 Å². The predicted octanol–water partition coefficient (Wildman–Crippen LogP) is 8.50. The maximum absolute atomic E-state index is 11.6. The Morgan fingerprint density at radius 1 is 0.247 bits per heavy atom. The fraction of sp³-hybridized carbons (Fsp3) is 0.529. The van der Waals surface area contributed by atoms with E-state index >= 15 is 0 Å². The Labute approximate surface area is 572 Å². The van der Waals surface area contributed by atoms with Crippen LogP contribution in [-0.4, -0.2) is 204 Å². The first kappa shape index (κ1) is 96.8. The van der Waals surface area contributed by atoms with Crippen molar-refractivity contribution in [2.75, 3.05) is 132 Å². The number of esters is 11. The zero-order valence-corrected chi connectivity index (χ0v) is 59.4. The van der Waals surface area contributed by atoms with E-state index in [1.807, 2.05) is 6.92 Å².